The molecule has 3 aromatic rings. The monoisotopic (exact) mass is 439 g/mol. The van der Waals surface area contributed by atoms with Crippen LogP contribution in [0.2, 0.25) is 0 Å². The second-order valence-corrected chi connectivity index (χ2v) is 7.12. The fourth-order valence-electron chi connectivity index (χ4n) is 2.98. The molecule has 0 bridgehead atoms. The van der Waals surface area contributed by atoms with Gasteiger partial charge in [-0.3, -0.25) is 0 Å². The Morgan fingerprint density at radius 2 is 2.04 bits per heavy atom. The van der Waals surface area contributed by atoms with E-state index in [0.717, 1.165) is 27.5 Å². The number of aryl methyl sites for hydroxylation is 1. The maximum Gasteiger partial charge on any atom is 0.175 e. The van der Waals surface area contributed by atoms with Crippen LogP contribution in [0.4, 0.5) is 0 Å². The molecule has 0 saturated carbocycles. The van der Waals surface area contributed by atoms with Crippen molar-refractivity contribution in [3.05, 3.63) is 52.3 Å². The predicted molar refractivity (Wildman–Crippen MR) is 115 cm³/mol. The quantitative estimate of drug-likeness (QED) is 0.450. The number of fused-ring (bicyclic) bond motifs is 1. The molecule has 1 aromatic heterocycles. The highest BCUT2D eigenvalue weighted by molar-refractivity contribution is 9.10. The number of imidazole rings is 1. The van der Waals surface area contributed by atoms with Gasteiger partial charge in [-0.05, 0) is 65.2 Å². The molecule has 0 aliphatic heterocycles. The van der Waals surface area contributed by atoms with E-state index in [9.17, 15) is 5.26 Å². The number of halogens is 1. The SMILES string of the molecule is CCCOc1c(Br)cc(/C=C(/C#N)c2nc3ccccc3n2C)cc1OCC. The van der Waals surface area contributed by atoms with E-state index in [4.69, 9.17) is 9.47 Å². The van der Waals surface area contributed by atoms with Crippen LogP contribution in [0.3, 0.4) is 0 Å². The van der Waals surface area contributed by atoms with Crippen molar-refractivity contribution in [3.63, 3.8) is 0 Å². The molecular weight excluding hydrogens is 418 g/mol. The summed E-state index contributed by atoms with van der Waals surface area (Å²) in [5.74, 6) is 1.96. The maximum absolute atomic E-state index is 9.76. The number of nitriles is 1. The summed E-state index contributed by atoms with van der Waals surface area (Å²) >= 11 is 3.57. The van der Waals surface area contributed by atoms with E-state index >= 15 is 0 Å². The Morgan fingerprint density at radius 1 is 1.25 bits per heavy atom. The van der Waals surface area contributed by atoms with E-state index in [2.05, 4.69) is 33.9 Å². The minimum absolute atomic E-state index is 0.482. The van der Waals surface area contributed by atoms with E-state index in [1.807, 2.05) is 61.0 Å². The van der Waals surface area contributed by atoms with E-state index in [1.54, 1.807) is 0 Å². The minimum atomic E-state index is 0.482. The van der Waals surface area contributed by atoms with Crippen LogP contribution in [-0.4, -0.2) is 22.8 Å². The highest BCUT2D eigenvalue weighted by atomic mass is 79.9. The fourth-order valence-corrected chi connectivity index (χ4v) is 3.55. The Balaban J connectivity index is 2.07. The summed E-state index contributed by atoms with van der Waals surface area (Å²) in [4.78, 5) is 4.62. The van der Waals surface area contributed by atoms with Crippen LogP contribution in [0.1, 0.15) is 31.7 Å². The molecule has 0 spiro atoms. The van der Waals surface area contributed by atoms with E-state index in [0.29, 0.717) is 36.1 Å². The molecule has 0 radical (unpaired) electrons. The zero-order valence-corrected chi connectivity index (χ0v) is 17.8. The van der Waals surface area contributed by atoms with Gasteiger partial charge in [-0.15, -0.1) is 0 Å². The largest absolute Gasteiger partial charge is 0.490 e. The van der Waals surface area contributed by atoms with Crippen LogP contribution >= 0.6 is 15.9 Å². The molecule has 0 unspecified atom stereocenters. The van der Waals surface area contributed by atoms with Crippen LogP contribution < -0.4 is 9.47 Å². The molecule has 1 heterocycles. The third kappa shape index (κ3) is 4.05. The van der Waals surface area contributed by atoms with Gasteiger partial charge >= 0.3 is 0 Å². The lowest BCUT2D eigenvalue weighted by molar-refractivity contribution is 0.275. The molecule has 144 valence electrons. The number of rotatable bonds is 7. The molecule has 0 saturated heterocycles. The topological polar surface area (TPSA) is 60.1 Å². The van der Waals surface area contributed by atoms with Gasteiger partial charge in [-0.2, -0.15) is 5.26 Å². The zero-order valence-electron chi connectivity index (χ0n) is 16.2. The standard InChI is InChI=1S/C22H22BrN3O2/c1-4-10-28-21-17(23)12-15(13-20(21)27-5-2)11-16(14-24)22-25-18-8-6-7-9-19(18)26(22)3/h6-9,11-13H,4-5,10H2,1-3H3/b16-11-. The van der Waals surface area contributed by atoms with E-state index < -0.39 is 0 Å². The first-order chi connectivity index (χ1) is 13.6. The van der Waals surface area contributed by atoms with Gasteiger partial charge in [-0.1, -0.05) is 19.1 Å². The highest BCUT2D eigenvalue weighted by Crippen LogP contribution is 2.38. The van der Waals surface area contributed by atoms with Gasteiger partial charge in [0.05, 0.1) is 34.3 Å². The fraction of sp³-hybridized carbons (Fsp3) is 0.273. The second kappa shape index (κ2) is 8.94. The van der Waals surface area contributed by atoms with Gasteiger partial charge in [0, 0.05) is 7.05 Å². The molecule has 0 amide bonds. The number of para-hydroxylation sites is 2. The van der Waals surface area contributed by atoms with Crippen LogP contribution in [0.15, 0.2) is 40.9 Å². The van der Waals surface area contributed by atoms with Gasteiger partial charge in [0.15, 0.2) is 17.3 Å². The number of benzene rings is 2. The zero-order chi connectivity index (χ0) is 20.1. The number of allylic oxidation sites excluding steroid dienone is 1. The first kappa shape index (κ1) is 20.0. The van der Waals surface area contributed by atoms with Crippen LogP contribution in [0.25, 0.3) is 22.7 Å². The molecule has 6 heteroatoms. The highest BCUT2D eigenvalue weighted by Gasteiger charge is 2.15. The predicted octanol–water partition coefficient (Wildman–Crippen LogP) is 5.59. The van der Waals surface area contributed by atoms with Gasteiger partial charge in [0.25, 0.3) is 0 Å². The van der Waals surface area contributed by atoms with Crippen molar-refractivity contribution in [1.29, 1.82) is 5.26 Å². The van der Waals surface area contributed by atoms with Crippen molar-refractivity contribution in [2.45, 2.75) is 20.3 Å². The molecule has 3 rings (SSSR count). The van der Waals surface area contributed by atoms with Crippen molar-refractivity contribution >= 4 is 38.6 Å². The average molecular weight is 440 g/mol. The van der Waals surface area contributed by atoms with Crippen molar-refractivity contribution in [1.82, 2.24) is 9.55 Å². The molecule has 0 fully saturated rings. The van der Waals surface area contributed by atoms with Gasteiger partial charge < -0.3 is 14.0 Å². The third-order valence-corrected chi connectivity index (χ3v) is 4.83. The first-order valence-electron chi connectivity index (χ1n) is 9.21. The summed E-state index contributed by atoms with van der Waals surface area (Å²) in [6.07, 6.45) is 2.73. The molecule has 2 aromatic carbocycles. The van der Waals surface area contributed by atoms with Gasteiger partial charge in [0.2, 0.25) is 0 Å². The lowest BCUT2D eigenvalue weighted by Gasteiger charge is -2.14. The third-order valence-electron chi connectivity index (χ3n) is 4.24. The number of nitrogens with zero attached hydrogens (tertiary/aromatic N) is 3. The Labute approximate surface area is 173 Å². The van der Waals surface area contributed by atoms with Crippen LogP contribution in [-0.2, 0) is 7.05 Å². The molecule has 0 N–H and O–H groups in total. The first-order valence-corrected chi connectivity index (χ1v) is 10.0. The summed E-state index contributed by atoms with van der Waals surface area (Å²) in [6, 6.07) is 13.9. The molecule has 0 aliphatic carbocycles. The number of ether oxygens (including phenoxy) is 2. The summed E-state index contributed by atoms with van der Waals surface area (Å²) in [5.41, 5.74) is 3.16. The van der Waals surface area contributed by atoms with E-state index in [1.165, 1.54) is 0 Å². The molecule has 0 atom stereocenters. The average Bonchev–Trinajstić information content (AvgIpc) is 3.02. The molecule has 28 heavy (non-hydrogen) atoms. The number of hydrogen-bond acceptors (Lipinski definition) is 4. The summed E-state index contributed by atoms with van der Waals surface area (Å²) in [7, 11) is 1.92. The number of hydrogen-bond donors (Lipinski definition) is 0. The summed E-state index contributed by atoms with van der Waals surface area (Å²) < 4.78 is 14.3. The molecule has 5 nitrogen and oxygen atoms in total. The van der Waals surface area contributed by atoms with Crippen LogP contribution in [0, 0.1) is 11.3 Å². The lowest BCUT2D eigenvalue weighted by Crippen LogP contribution is -2.01. The van der Waals surface area contributed by atoms with Crippen molar-refractivity contribution in [2.75, 3.05) is 13.2 Å². The lowest BCUT2D eigenvalue weighted by atomic mass is 10.1. The Hall–Kier alpha value is -2.78. The van der Waals surface area contributed by atoms with Crippen molar-refractivity contribution in [2.24, 2.45) is 7.05 Å². The molecule has 0 aliphatic rings. The van der Waals surface area contributed by atoms with Gasteiger partial charge in [0.1, 0.15) is 6.07 Å². The maximum atomic E-state index is 9.76. The Morgan fingerprint density at radius 3 is 2.71 bits per heavy atom. The van der Waals surface area contributed by atoms with Gasteiger partial charge in [-0.25, -0.2) is 4.98 Å². The van der Waals surface area contributed by atoms with Crippen LogP contribution in [0.5, 0.6) is 11.5 Å². The van der Waals surface area contributed by atoms with Crippen molar-refractivity contribution in [3.8, 4) is 17.6 Å². The summed E-state index contributed by atoms with van der Waals surface area (Å²) in [5, 5.41) is 9.76. The normalized spacial score (nSPS) is 11.5. The Kier molecular flexibility index (Phi) is 6.37. The Bertz CT molecular complexity index is 1060. The smallest absolute Gasteiger partial charge is 0.175 e. The van der Waals surface area contributed by atoms with E-state index in [-0.39, 0.29) is 0 Å². The molecular formula is C22H22BrN3O2. The summed E-state index contributed by atoms with van der Waals surface area (Å²) in [6.45, 7) is 5.12. The minimum Gasteiger partial charge on any atom is -0.490 e. The second-order valence-electron chi connectivity index (χ2n) is 6.26. The number of aromatic nitrogens is 2. The van der Waals surface area contributed by atoms with Crippen molar-refractivity contribution < 1.29 is 9.47 Å².